The maximum atomic E-state index is 2.41. The van der Waals surface area contributed by atoms with Crippen LogP contribution in [0.3, 0.4) is 0 Å². The van der Waals surface area contributed by atoms with Gasteiger partial charge in [0.1, 0.15) is 0 Å². The molecule has 66 valence electrons. The number of allylic oxidation sites excluding steroid dienone is 4. The summed E-state index contributed by atoms with van der Waals surface area (Å²) in [6.07, 6.45) is 13.8. The van der Waals surface area contributed by atoms with Crippen molar-refractivity contribution in [3.63, 3.8) is 0 Å². The lowest BCUT2D eigenvalue weighted by atomic mass is 9.88. The van der Waals surface area contributed by atoms with Crippen LogP contribution in [0, 0.1) is 11.8 Å². The summed E-state index contributed by atoms with van der Waals surface area (Å²) in [6.45, 7) is 2.41. The Morgan fingerprint density at radius 3 is 3.17 bits per heavy atom. The highest BCUT2D eigenvalue weighted by Gasteiger charge is 2.27. The van der Waals surface area contributed by atoms with E-state index < -0.39 is 0 Å². The second-order valence-corrected chi connectivity index (χ2v) is 4.22. The zero-order chi connectivity index (χ0) is 8.39. The van der Waals surface area contributed by atoms with Gasteiger partial charge in [-0.05, 0) is 43.9 Å². The molecule has 2 atom stereocenters. The molecule has 0 N–H and O–H groups in total. The molecule has 1 fully saturated rings. The van der Waals surface area contributed by atoms with Crippen LogP contribution < -0.4 is 0 Å². The van der Waals surface area contributed by atoms with Crippen molar-refractivity contribution < 1.29 is 0 Å². The summed E-state index contributed by atoms with van der Waals surface area (Å²) in [5.41, 5.74) is 1.72. The zero-order valence-corrected chi connectivity index (χ0v) is 7.92. The summed E-state index contributed by atoms with van der Waals surface area (Å²) in [7, 11) is 0. The molecule has 2 unspecified atom stereocenters. The molecule has 1 saturated carbocycles. The molecule has 0 aromatic rings. The van der Waals surface area contributed by atoms with Crippen LogP contribution in [0.5, 0.6) is 0 Å². The molecular weight excluding hydrogens is 144 g/mol. The van der Waals surface area contributed by atoms with Gasteiger partial charge in [0.2, 0.25) is 0 Å². The molecule has 12 heavy (non-hydrogen) atoms. The fourth-order valence-electron chi connectivity index (χ4n) is 2.57. The van der Waals surface area contributed by atoms with Gasteiger partial charge in [0.25, 0.3) is 0 Å². The number of hydrogen-bond donors (Lipinski definition) is 0. The van der Waals surface area contributed by atoms with Crippen LogP contribution in [0.2, 0.25) is 0 Å². The van der Waals surface area contributed by atoms with Gasteiger partial charge in [-0.3, -0.25) is 0 Å². The van der Waals surface area contributed by atoms with Crippen molar-refractivity contribution in [1.82, 2.24) is 0 Å². The van der Waals surface area contributed by atoms with E-state index in [9.17, 15) is 0 Å². The van der Waals surface area contributed by atoms with Crippen molar-refractivity contribution >= 4 is 0 Å². The first-order chi connectivity index (χ1) is 5.88. The number of hydrogen-bond acceptors (Lipinski definition) is 0. The first kappa shape index (κ1) is 8.10. The third-order valence-corrected chi connectivity index (χ3v) is 3.38. The second-order valence-electron chi connectivity index (χ2n) is 4.22. The van der Waals surface area contributed by atoms with Gasteiger partial charge < -0.3 is 0 Å². The van der Waals surface area contributed by atoms with E-state index >= 15 is 0 Å². The summed E-state index contributed by atoms with van der Waals surface area (Å²) in [5.74, 6) is 1.87. The third-order valence-electron chi connectivity index (χ3n) is 3.38. The molecule has 0 aromatic carbocycles. The first-order valence-electron chi connectivity index (χ1n) is 5.23. The molecule has 0 saturated heterocycles. The topological polar surface area (TPSA) is 0 Å². The van der Waals surface area contributed by atoms with Crippen molar-refractivity contribution in [2.24, 2.45) is 11.8 Å². The molecule has 2 aliphatic carbocycles. The van der Waals surface area contributed by atoms with Gasteiger partial charge in [0.05, 0.1) is 0 Å². The molecule has 0 aromatic heterocycles. The van der Waals surface area contributed by atoms with Crippen LogP contribution in [0.1, 0.15) is 39.0 Å². The smallest absolute Gasteiger partial charge is 0.0174 e. The Balaban J connectivity index is 2.17. The number of rotatable bonds is 0. The standard InChI is InChI=1S/C12H18/c1-10-8-9-11-6-4-2-3-5-7-12(10)11/h2,4,6,10,12H,3,5,7-9H2,1H3. The Bertz CT molecular complexity index is 210. The average molecular weight is 162 g/mol. The van der Waals surface area contributed by atoms with Gasteiger partial charge in [-0.25, -0.2) is 0 Å². The molecule has 2 rings (SSSR count). The van der Waals surface area contributed by atoms with Crippen LogP contribution in [0.4, 0.5) is 0 Å². The second kappa shape index (κ2) is 3.47. The SMILES string of the molecule is CC1CCC2=CC=CCCCC21. The molecule has 0 heteroatoms. The van der Waals surface area contributed by atoms with Crippen LogP contribution >= 0.6 is 0 Å². The Morgan fingerprint density at radius 1 is 1.33 bits per heavy atom. The van der Waals surface area contributed by atoms with E-state index in [4.69, 9.17) is 0 Å². The molecule has 0 heterocycles. The molecular formula is C12H18. The van der Waals surface area contributed by atoms with Crippen molar-refractivity contribution in [1.29, 1.82) is 0 Å². The van der Waals surface area contributed by atoms with Crippen molar-refractivity contribution in [2.45, 2.75) is 39.0 Å². The van der Waals surface area contributed by atoms with E-state index in [0.717, 1.165) is 11.8 Å². The summed E-state index contributed by atoms with van der Waals surface area (Å²) < 4.78 is 0. The molecule has 0 radical (unpaired) electrons. The van der Waals surface area contributed by atoms with Crippen molar-refractivity contribution in [3.05, 3.63) is 23.8 Å². The van der Waals surface area contributed by atoms with E-state index in [0.29, 0.717) is 0 Å². The normalized spacial score (nSPS) is 35.2. The largest absolute Gasteiger partial charge is 0.0845 e. The lowest BCUT2D eigenvalue weighted by Crippen LogP contribution is -2.06. The minimum absolute atomic E-state index is 0.926. The fraction of sp³-hybridized carbons (Fsp3) is 0.667. The number of fused-ring (bicyclic) bond motifs is 1. The quantitative estimate of drug-likeness (QED) is 0.509. The van der Waals surface area contributed by atoms with Gasteiger partial charge in [-0.1, -0.05) is 30.7 Å². The highest BCUT2D eigenvalue weighted by Crippen LogP contribution is 2.39. The zero-order valence-electron chi connectivity index (χ0n) is 7.92. The molecule has 2 aliphatic rings. The fourth-order valence-corrected chi connectivity index (χ4v) is 2.57. The van der Waals surface area contributed by atoms with Gasteiger partial charge in [-0.15, -0.1) is 0 Å². The average Bonchev–Trinajstić information content (AvgIpc) is 2.31. The Labute approximate surface area is 75.4 Å². The van der Waals surface area contributed by atoms with Gasteiger partial charge in [-0.2, -0.15) is 0 Å². The van der Waals surface area contributed by atoms with E-state index in [2.05, 4.69) is 25.2 Å². The molecule has 0 amide bonds. The predicted molar refractivity (Wildman–Crippen MR) is 53.0 cm³/mol. The maximum Gasteiger partial charge on any atom is -0.0174 e. The minimum atomic E-state index is 0.926. The van der Waals surface area contributed by atoms with E-state index in [1.807, 2.05) is 0 Å². The van der Waals surface area contributed by atoms with Crippen molar-refractivity contribution in [2.75, 3.05) is 0 Å². The molecule has 0 spiro atoms. The first-order valence-corrected chi connectivity index (χ1v) is 5.23. The Kier molecular flexibility index (Phi) is 2.34. The maximum absolute atomic E-state index is 2.41. The third kappa shape index (κ3) is 1.48. The Morgan fingerprint density at radius 2 is 2.25 bits per heavy atom. The summed E-state index contributed by atoms with van der Waals surface area (Å²) in [4.78, 5) is 0. The van der Waals surface area contributed by atoms with Crippen molar-refractivity contribution in [3.8, 4) is 0 Å². The predicted octanol–water partition coefficient (Wildman–Crippen LogP) is 3.70. The molecule has 0 bridgehead atoms. The summed E-state index contributed by atoms with van der Waals surface area (Å²) >= 11 is 0. The minimum Gasteiger partial charge on any atom is -0.0845 e. The van der Waals surface area contributed by atoms with E-state index in [-0.39, 0.29) is 0 Å². The van der Waals surface area contributed by atoms with Crippen LogP contribution in [0.25, 0.3) is 0 Å². The monoisotopic (exact) mass is 162 g/mol. The van der Waals surface area contributed by atoms with Gasteiger partial charge in [0, 0.05) is 0 Å². The van der Waals surface area contributed by atoms with Crippen LogP contribution in [0.15, 0.2) is 23.8 Å². The summed E-state index contributed by atoms with van der Waals surface area (Å²) in [5, 5.41) is 0. The highest BCUT2D eigenvalue weighted by atomic mass is 14.3. The Hall–Kier alpha value is -0.520. The lowest BCUT2D eigenvalue weighted by molar-refractivity contribution is 0.421. The summed E-state index contributed by atoms with van der Waals surface area (Å²) in [6, 6.07) is 0. The lowest BCUT2D eigenvalue weighted by Gasteiger charge is -2.17. The van der Waals surface area contributed by atoms with Gasteiger partial charge >= 0.3 is 0 Å². The van der Waals surface area contributed by atoms with Crippen LogP contribution in [-0.2, 0) is 0 Å². The molecule has 0 nitrogen and oxygen atoms in total. The highest BCUT2D eigenvalue weighted by molar-refractivity contribution is 5.20. The molecule has 0 aliphatic heterocycles. The van der Waals surface area contributed by atoms with Gasteiger partial charge in [0.15, 0.2) is 0 Å². The van der Waals surface area contributed by atoms with E-state index in [1.165, 1.54) is 32.1 Å². The van der Waals surface area contributed by atoms with E-state index in [1.54, 1.807) is 5.57 Å². The van der Waals surface area contributed by atoms with Crippen LogP contribution in [-0.4, -0.2) is 0 Å².